The van der Waals surface area contributed by atoms with Crippen molar-refractivity contribution in [1.29, 1.82) is 0 Å². The third-order valence-electron chi connectivity index (χ3n) is 3.38. The first-order valence-electron chi connectivity index (χ1n) is 7.19. The molecule has 1 amide bonds. The maximum absolute atomic E-state index is 15.1. The summed E-state index contributed by atoms with van der Waals surface area (Å²) < 4.78 is 15.1. The molecule has 112 valence electrons. The average molecular weight is 281 g/mol. The van der Waals surface area contributed by atoms with Crippen LogP contribution in [0.4, 0.5) is 10.1 Å². The van der Waals surface area contributed by atoms with Gasteiger partial charge < -0.3 is 10.4 Å². The average Bonchev–Trinajstić information content (AvgIpc) is 2.39. The number of halogens is 1. The zero-order valence-electron chi connectivity index (χ0n) is 12.3. The van der Waals surface area contributed by atoms with Crippen LogP contribution in [-0.2, 0) is 10.5 Å². The summed E-state index contributed by atoms with van der Waals surface area (Å²) in [5.41, 5.74) is -0.419. The van der Waals surface area contributed by atoms with Gasteiger partial charge in [0.05, 0.1) is 0 Å². The second-order valence-corrected chi connectivity index (χ2v) is 5.16. The van der Waals surface area contributed by atoms with Gasteiger partial charge in [-0.1, -0.05) is 31.9 Å². The lowest BCUT2D eigenvalue weighted by Crippen LogP contribution is -2.22. The maximum Gasteiger partial charge on any atom is 0.221 e. The standard InChI is InChI=1S/C16H24FNO2/c1-3-4-5-9-16(17,10-11-19)14-7-6-8-15(12-14)18-13(2)20/h6-8,12,19H,3-5,9-11H2,1-2H3,(H,18,20)/t16-/m1/s1. The van der Waals surface area contributed by atoms with E-state index >= 15 is 4.39 Å². The molecule has 0 aliphatic rings. The Bertz CT molecular complexity index is 436. The summed E-state index contributed by atoms with van der Waals surface area (Å²) in [5.74, 6) is -0.181. The summed E-state index contributed by atoms with van der Waals surface area (Å²) in [6.45, 7) is 3.31. The van der Waals surface area contributed by atoms with Crippen LogP contribution in [0.15, 0.2) is 24.3 Å². The molecule has 0 aromatic heterocycles. The molecule has 0 aliphatic heterocycles. The van der Waals surface area contributed by atoms with Gasteiger partial charge in [-0.2, -0.15) is 0 Å². The summed E-state index contributed by atoms with van der Waals surface area (Å²) in [4.78, 5) is 11.1. The topological polar surface area (TPSA) is 49.3 Å². The fourth-order valence-electron chi connectivity index (χ4n) is 2.33. The van der Waals surface area contributed by atoms with Crippen LogP contribution < -0.4 is 5.32 Å². The van der Waals surface area contributed by atoms with E-state index in [0.29, 0.717) is 17.7 Å². The number of aliphatic hydroxyl groups excluding tert-OH is 1. The number of anilines is 1. The molecule has 3 nitrogen and oxygen atoms in total. The molecule has 0 heterocycles. The largest absolute Gasteiger partial charge is 0.396 e. The van der Waals surface area contributed by atoms with Crippen LogP contribution >= 0.6 is 0 Å². The molecule has 0 aliphatic carbocycles. The Morgan fingerprint density at radius 1 is 1.35 bits per heavy atom. The number of rotatable bonds is 8. The fourth-order valence-corrected chi connectivity index (χ4v) is 2.33. The third kappa shape index (κ3) is 4.93. The highest BCUT2D eigenvalue weighted by Crippen LogP contribution is 2.36. The highest BCUT2D eigenvalue weighted by atomic mass is 19.1. The maximum atomic E-state index is 15.1. The number of carbonyl (C=O) groups excluding carboxylic acids is 1. The van der Waals surface area contributed by atoms with Crippen LogP contribution in [0.2, 0.25) is 0 Å². The molecule has 0 unspecified atom stereocenters. The summed E-state index contributed by atoms with van der Waals surface area (Å²) in [5, 5.41) is 11.8. The van der Waals surface area contributed by atoms with E-state index in [1.54, 1.807) is 24.3 Å². The van der Waals surface area contributed by atoms with Crippen molar-refractivity contribution in [3.8, 4) is 0 Å². The van der Waals surface area contributed by atoms with Crippen molar-refractivity contribution in [3.05, 3.63) is 29.8 Å². The lowest BCUT2D eigenvalue weighted by molar-refractivity contribution is -0.114. The van der Waals surface area contributed by atoms with Crippen LogP contribution in [0.25, 0.3) is 0 Å². The van der Waals surface area contributed by atoms with E-state index < -0.39 is 5.67 Å². The SMILES string of the molecule is CCCCC[C@@](F)(CCO)c1cccc(NC(C)=O)c1. The Kier molecular flexibility index (Phi) is 6.65. The number of aliphatic hydroxyl groups is 1. The monoisotopic (exact) mass is 281 g/mol. The lowest BCUT2D eigenvalue weighted by atomic mass is 9.87. The molecule has 1 atom stereocenters. The zero-order chi connectivity index (χ0) is 15.0. The van der Waals surface area contributed by atoms with Crippen molar-refractivity contribution in [2.75, 3.05) is 11.9 Å². The second-order valence-electron chi connectivity index (χ2n) is 5.16. The van der Waals surface area contributed by atoms with Gasteiger partial charge in [0, 0.05) is 25.6 Å². The van der Waals surface area contributed by atoms with E-state index in [1.165, 1.54) is 6.92 Å². The molecule has 4 heteroatoms. The Morgan fingerprint density at radius 2 is 2.10 bits per heavy atom. The first kappa shape index (κ1) is 16.6. The summed E-state index contributed by atoms with van der Waals surface area (Å²) in [6.07, 6.45) is 3.27. The molecule has 0 spiro atoms. The number of unbranched alkanes of at least 4 members (excludes halogenated alkanes) is 2. The molecule has 0 saturated heterocycles. The van der Waals surface area contributed by atoms with E-state index in [9.17, 15) is 4.79 Å². The van der Waals surface area contributed by atoms with Crippen molar-refractivity contribution in [1.82, 2.24) is 0 Å². The van der Waals surface area contributed by atoms with Gasteiger partial charge in [0.2, 0.25) is 5.91 Å². The van der Waals surface area contributed by atoms with Gasteiger partial charge in [-0.05, 0) is 30.5 Å². The van der Waals surface area contributed by atoms with Gasteiger partial charge in [0.15, 0.2) is 0 Å². The van der Waals surface area contributed by atoms with E-state index in [2.05, 4.69) is 12.2 Å². The number of hydrogen-bond acceptors (Lipinski definition) is 2. The molecule has 1 aromatic carbocycles. The van der Waals surface area contributed by atoms with Crippen LogP contribution in [0.1, 0.15) is 51.5 Å². The minimum atomic E-state index is -1.53. The van der Waals surface area contributed by atoms with Crippen molar-refractivity contribution in [2.24, 2.45) is 0 Å². The first-order valence-corrected chi connectivity index (χ1v) is 7.19. The van der Waals surface area contributed by atoms with E-state index in [1.807, 2.05) is 0 Å². The predicted molar refractivity (Wildman–Crippen MR) is 79.4 cm³/mol. The number of amides is 1. The van der Waals surface area contributed by atoms with Crippen LogP contribution in [0.5, 0.6) is 0 Å². The predicted octanol–water partition coefficient (Wildman–Crippen LogP) is 3.77. The molecule has 0 radical (unpaired) electrons. The molecule has 0 fully saturated rings. The Labute approximate surface area is 120 Å². The molecule has 20 heavy (non-hydrogen) atoms. The van der Waals surface area contributed by atoms with Gasteiger partial charge in [0.25, 0.3) is 0 Å². The van der Waals surface area contributed by atoms with Crippen molar-refractivity contribution >= 4 is 11.6 Å². The molecule has 1 rings (SSSR count). The normalized spacial score (nSPS) is 13.8. The number of benzene rings is 1. The van der Waals surface area contributed by atoms with Crippen molar-refractivity contribution < 1.29 is 14.3 Å². The Hall–Kier alpha value is -1.42. The minimum Gasteiger partial charge on any atom is -0.396 e. The van der Waals surface area contributed by atoms with Gasteiger partial charge >= 0.3 is 0 Å². The smallest absolute Gasteiger partial charge is 0.221 e. The van der Waals surface area contributed by atoms with Gasteiger partial charge in [-0.3, -0.25) is 4.79 Å². The van der Waals surface area contributed by atoms with E-state index in [4.69, 9.17) is 5.11 Å². The number of carbonyl (C=O) groups is 1. The van der Waals surface area contributed by atoms with Crippen molar-refractivity contribution in [2.45, 2.75) is 51.6 Å². The summed E-state index contributed by atoms with van der Waals surface area (Å²) in [6, 6.07) is 6.83. The second kappa shape index (κ2) is 8.00. The van der Waals surface area contributed by atoms with Crippen molar-refractivity contribution in [3.63, 3.8) is 0 Å². The number of nitrogens with one attached hydrogen (secondary N) is 1. The molecular weight excluding hydrogens is 257 g/mol. The summed E-state index contributed by atoms with van der Waals surface area (Å²) >= 11 is 0. The third-order valence-corrected chi connectivity index (χ3v) is 3.38. The molecule has 0 saturated carbocycles. The van der Waals surface area contributed by atoms with Crippen LogP contribution in [0, 0.1) is 0 Å². The molecule has 2 N–H and O–H groups in total. The van der Waals surface area contributed by atoms with Gasteiger partial charge in [-0.25, -0.2) is 4.39 Å². The Morgan fingerprint density at radius 3 is 2.70 bits per heavy atom. The van der Waals surface area contributed by atoms with Crippen LogP contribution in [-0.4, -0.2) is 17.6 Å². The number of alkyl halides is 1. The van der Waals surface area contributed by atoms with Gasteiger partial charge in [0.1, 0.15) is 5.67 Å². The quantitative estimate of drug-likeness (QED) is 0.713. The first-order chi connectivity index (χ1) is 9.51. The lowest BCUT2D eigenvalue weighted by Gasteiger charge is -2.26. The molecular formula is C16H24FNO2. The minimum absolute atomic E-state index is 0.0836. The van der Waals surface area contributed by atoms with Gasteiger partial charge in [-0.15, -0.1) is 0 Å². The van der Waals surface area contributed by atoms with E-state index in [-0.39, 0.29) is 18.9 Å². The van der Waals surface area contributed by atoms with Crippen LogP contribution in [0.3, 0.4) is 0 Å². The molecule has 0 bridgehead atoms. The Balaban J connectivity index is 2.92. The van der Waals surface area contributed by atoms with E-state index in [0.717, 1.165) is 19.3 Å². The summed E-state index contributed by atoms with van der Waals surface area (Å²) in [7, 11) is 0. The fraction of sp³-hybridized carbons (Fsp3) is 0.562. The highest BCUT2D eigenvalue weighted by molar-refractivity contribution is 5.88. The highest BCUT2D eigenvalue weighted by Gasteiger charge is 2.31. The number of hydrogen-bond donors (Lipinski definition) is 2. The molecule has 1 aromatic rings. The zero-order valence-corrected chi connectivity index (χ0v) is 12.3.